The lowest BCUT2D eigenvalue weighted by atomic mass is 10.1. The molecule has 0 saturated heterocycles. The number of amides is 1. The minimum atomic E-state index is -0.614. The first kappa shape index (κ1) is 19.3. The number of benzene rings is 3. The number of hydrazone groups is 1. The van der Waals surface area contributed by atoms with Crippen LogP contribution in [0, 0.1) is 12.7 Å². The molecule has 6 heteroatoms. The van der Waals surface area contributed by atoms with E-state index in [9.17, 15) is 9.18 Å². The highest BCUT2D eigenvalue weighted by Gasteiger charge is 2.12. The summed E-state index contributed by atoms with van der Waals surface area (Å²) in [6.45, 7) is 2.01. The van der Waals surface area contributed by atoms with Crippen molar-refractivity contribution < 1.29 is 9.18 Å². The maximum Gasteiger partial charge on any atom is 0.274 e. The van der Waals surface area contributed by atoms with Crippen molar-refractivity contribution in [1.82, 2.24) is 15.2 Å². The molecule has 1 aromatic heterocycles. The van der Waals surface area contributed by atoms with Crippen LogP contribution in [0.2, 0.25) is 0 Å². The van der Waals surface area contributed by atoms with E-state index in [1.807, 2.05) is 67.7 Å². The van der Waals surface area contributed by atoms with Crippen LogP contribution in [0.4, 0.5) is 4.39 Å². The summed E-state index contributed by atoms with van der Waals surface area (Å²) < 4.78 is 15.5. The topological polar surface area (TPSA) is 59.3 Å². The molecule has 4 rings (SSSR count). The summed E-state index contributed by atoms with van der Waals surface area (Å²) >= 11 is 0. The Morgan fingerprint density at radius 3 is 2.57 bits per heavy atom. The third-order valence-electron chi connectivity index (χ3n) is 4.54. The minimum Gasteiger partial charge on any atom is -0.267 e. The van der Waals surface area contributed by atoms with Crippen molar-refractivity contribution in [2.24, 2.45) is 5.10 Å². The molecular weight excluding hydrogens is 379 g/mol. The average Bonchev–Trinajstić information content (AvgIpc) is 3.19. The van der Waals surface area contributed by atoms with Gasteiger partial charge in [-0.25, -0.2) is 14.5 Å². The molecule has 0 atom stereocenters. The van der Waals surface area contributed by atoms with E-state index in [2.05, 4.69) is 10.5 Å². The van der Waals surface area contributed by atoms with E-state index in [0.29, 0.717) is 0 Å². The van der Waals surface area contributed by atoms with Crippen molar-refractivity contribution in [1.29, 1.82) is 0 Å². The molecule has 4 aromatic rings. The predicted octanol–water partition coefficient (Wildman–Crippen LogP) is 4.75. The number of hydrogen-bond donors (Lipinski definition) is 1. The fraction of sp³-hybridized carbons (Fsp3) is 0.0417. The van der Waals surface area contributed by atoms with Gasteiger partial charge in [0.05, 0.1) is 17.5 Å². The van der Waals surface area contributed by atoms with Gasteiger partial charge in [0.15, 0.2) is 0 Å². The molecule has 0 aliphatic rings. The maximum atomic E-state index is 13.8. The van der Waals surface area contributed by atoms with Gasteiger partial charge in [-0.2, -0.15) is 10.2 Å². The predicted molar refractivity (Wildman–Crippen MR) is 115 cm³/mol. The molecule has 0 saturated carbocycles. The van der Waals surface area contributed by atoms with Gasteiger partial charge < -0.3 is 0 Å². The number of aromatic nitrogens is 2. The molecule has 0 unspecified atom stereocenters. The van der Waals surface area contributed by atoms with Gasteiger partial charge in [0.25, 0.3) is 5.91 Å². The summed E-state index contributed by atoms with van der Waals surface area (Å²) in [5, 5.41) is 8.74. The molecule has 5 nitrogen and oxygen atoms in total. The van der Waals surface area contributed by atoms with Gasteiger partial charge in [-0.15, -0.1) is 0 Å². The van der Waals surface area contributed by atoms with Crippen LogP contribution in [0.3, 0.4) is 0 Å². The van der Waals surface area contributed by atoms with E-state index in [-0.39, 0.29) is 5.56 Å². The normalized spacial score (nSPS) is 11.0. The van der Waals surface area contributed by atoms with E-state index in [0.717, 1.165) is 28.1 Å². The van der Waals surface area contributed by atoms with Gasteiger partial charge in [-0.05, 0) is 37.3 Å². The standard InChI is InChI=1S/C24H19FN4O/c1-17-8-7-9-18(14-17)23-19(16-29(28-23)20-10-3-2-4-11-20)15-26-27-24(30)21-12-5-6-13-22(21)25/h2-16H,1H3,(H,27,30)/b26-15-. The van der Waals surface area contributed by atoms with Gasteiger partial charge in [-0.3, -0.25) is 4.79 Å². The van der Waals surface area contributed by atoms with Crippen molar-refractivity contribution in [3.8, 4) is 16.9 Å². The summed E-state index contributed by atoms with van der Waals surface area (Å²) in [5.74, 6) is -1.21. The van der Waals surface area contributed by atoms with Crippen LogP contribution in [0.1, 0.15) is 21.5 Å². The number of nitrogens with one attached hydrogen (secondary N) is 1. The largest absolute Gasteiger partial charge is 0.274 e. The molecule has 0 radical (unpaired) electrons. The lowest BCUT2D eigenvalue weighted by Gasteiger charge is -2.02. The molecule has 0 spiro atoms. The smallest absolute Gasteiger partial charge is 0.267 e. The van der Waals surface area contributed by atoms with Crippen LogP contribution in [0.5, 0.6) is 0 Å². The number of nitrogens with zero attached hydrogens (tertiary/aromatic N) is 3. The Balaban J connectivity index is 1.66. The monoisotopic (exact) mass is 398 g/mol. The Labute approximate surface area is 173 Å². The Bertz CT molecular complexity index is 1210. The fourth-order valence-electron chi connectivity index (χ4n) is 3.08. The van der Waals surface area contributed by atoms with Crippen molar-refractivity contribution in [3.63, 3.8) is 0 Å². The number of rotatable bonds is 5. The fourth-order valence-corrected chi connectivity index (χ4v) is 3.08. The lowest BCUT2D eigenvalue weighted by Crippen LogP contribution is -2.18. The zero-order valence-corrected chi connectivity index (χ0v) is 16.3. The summed E-state index contributed by atoms with van der Waals surface area (Å²) in [4.78, 5) is 12.2. The number of aryl methyl sites for hydroxylation is 1. The first-order valence-corrected chi connectivity index (χ1v) is 9.42. The Morgan fingerprint density at radius 1 is 1.03 bits per heavy atom. The second-order valence-electron chi connectivity index (χ2n) is 6.76. The summed E-state index contributed by atoms with van der Waals surface area (Å²) in [6, 6.07) is 23.5. The molecule has 0 aliphatic heterocycles. The van der Waals surface area contributed by atoms with Crippen LogP contribution in [0.15, 0.2) is 90.2 Å². The Hall–Kier alpha value is -4.06. The molecule has 1 N–H and O–H groups in total. The first-order chi connectivity index (χ1) is 14.6. The van der Waals surface area contributed by atoms with Crippen molar-refractivity contribution in [2.75, 3.05) is 0 Å². The van der Waals surface area contributed by atoms with E-state index >= 15 is 0 Å². The second-order valence-corrected chi connectivity index (χ2v) is 6.76. The third kappa shape index (κ3) is 4.17. The number of para-hydroxylation sites is 1. The molecule has 3 aromatic carbocycles. The Kier molecular flexibility index (Phi) is 5.48. The van der Waals surface area contributed by atoms with Crippen LogP contribution < -0.4 is 5.43 Å². The molecule has 30 heavy (non-hydrogen) atoms. The first-order valence-electron chi connectivity index (χ1n) is 9.42. The third-order valence-corrected chi connectivity index (χ3v) is 4.54. The Morgan fingerprint density at radius 2 is 1.80 bits per heavy atom. The molecule has 0 fully saturated rings. The number of carbonyl (C=O) groups is 1. The highest BCUT2D eigenvalue weighted by molar-refractivity contribution is 5.95. The molecular formula is C24H19FN4O. The number of carbonyl (C=O) groups excluding carboxylic acids is 1. The van der Waals surface area contributed by atoms with Crippen LogP contribution in [-0.2, 0) is 0 Å². The molecule has 0 bridgehead atoms. The zero-order valence-electron chi connectivity index (χ0n) is 16.3. The lowest BCUT2D eigenvalue weighted by molar-refractivity contribution is 0.0951. The van der Waals surface area contributed by atoms with Crippen LogP contribution >= 0.6 is 0 Å². The van der Waals surface area contributed by atoms with Crippen LogP contribution in [0.25, 0.3) is 16.9 Å². The van der Waals surface area contributed by atoms with Gasteiger partial charge in [0.2, 0.25) is 0 Å². The number of halogens is 1. The van der Waals surface area contributed by atoms with E-state index in [1.54, 1.807) is 10.7 Å². The maximum absolute atomic E-state index is 13.8. The highest BCUT2D eigenvalue weighted by atomic mass is 19.1. The highest BCUT2D eigenvalue weighted by Crippen LogP contribution is 2.23. The second kappa shape index (κ2) is 8.53. The molecule has 1 heterocycles. The van der Waals surface area contributed by atoms with Crippen molar-refractivity contribution >= 4 is 12.1 Å². The summed E-state index contributed by atoms with van der Waals surface area (Å²) in [7, 11) is 0. The van der Waals surface area contributed by atoms with Gasteiger partial charge in [-0.1, -0.05) is 54.1 Å². The van der Waals surface area contributed by atoms with Crippen molar-refractivity contribution in [3.05, 3.63) is 108 Å². The average molecular weight is 398 g/mol. The molecule has 0 aliphatic carbocycles. The SMILES string of the molecule is Cc1cccc(-c2nn(-c3ccccc3)cc2/C=N\NC(=O)c2ccccc2F)c1. The minimum absolute atomic E-state index is 0.0615. The zero-order chi connectivity index (χ0) is 20.9. The summed E-state index contributed by atoms with van der Waals surface area (Å²) in [6.07, 6.45) is 3.36. The quantitative estimate of drug-likeness (QED) is 0.390. The van der Waals surface area contributed by atoms with Gasteiger partial charge in [0, 0.05) is 17.3 Å². The summed E-state index contributed by atoms with van der Waals surface area (Å²) in [5.41, 5.74) is 6.72. The molecule has 1 amide bonds. The number of hydrogen-bond acceptors (Lipinski definition) is 3. The van der Waals surface area contributed by atoms with Crippen LogP contribution in [-0.4, -0.2) is 21.9 Å². The van der Waals surface area contributed by atoms with E-state index in [4.69, 9.17) is 5.10 Å². The molecule has 148 valence electrons. The van der Waals surface area contributed by atoms with Crippen molar-refractivity contribution in [2.45, 2.75) is 6.92 Å². The van der Waals surface area contributed by atoms with E-state index < -0.39 is 11.7 Å². The van der Waals surface area contributed by atoms with E-state index in [1.165, 1.54) is 24.4 Å². The van der Waals surface area contributed by atoms with Gasteiger partial charge >= 0.3 is 0 Å². The van der Waals surface area contributed by atoms with Gasteiger partial charge in [0.1, 0.15) is 11.5 Å².